The van der Waals surface area contributed by atoms with Gasteiger partial charge >= 0.3 is 11.9 Å². The van der Waals surface area contributed by atoms with Crippen LogP contribution in [0.4, 0.5) is 0 Å². The van der Waals surface area contributed by atoms with Crippen LogP contribution in [0.25, 0.3) is 0 Å². The van der Waals surface area contributed by atoms with E-state index in [4.69, 9.17) is 9.47 Å². The van der Waals surface area contributed by atoms with Gasteiger partial charge < -0.3 is 24.8 Å². The molecule has 2 rings (SSSR count). The summed E-state index contributed by atoms with van der Waals surface area (Å²) in [6.45, 7) is 14.3. The Morgan fingerprint density at radius 1 is 1.24 bits per heavy atom. The maximum absolute atomic E-state index is 11.9. The van der Waals surface area contributed by atoms with Crippen LogP contribution in [0.3, 0.4) is 0 Å². The van der Waals surface area contributed by atoms with Crippen molar-refractivity contribution in [1.82, 2.24) is 0 Å². The molecule has 0 aliphatic heterocycles. The lowest BCUT2D eigenvalue weighted by molar-refractivity contribution is -0.289. The van der Waals surface area contributed by atoms with Crippen LogP contribution in [0.5, 0.6) is 0 Å². The van der Waals surface area contributed by atoms with E-state index >= 15 is 0 Å². The van der Waals surface area contributed by atoms with E-state index in [2.05, 4.69) is 20.4 Å². The second-order valence-corrected chi connectivity index (χ2v) is 10.2. The number of carboxylic acid groups (broad SMARTS) is 1. The lowest BCUT2D eigenvalue weighted by Crippen LogP contribution is -2.70. The molecule has 2 saturated carbocycles. The first-order valence-corrected chi connectivity index (χ1v) is 10.2. The monoisotopic (exact) mass is 412 g/mol. The Kier molecular flexibility index (Phi) is 6.31. The van der Waals surface area contributed by atoms with Crippen LogP contribution in [0.1, 0.15) is 67.2 Å². The van der Waals surface area contributed by atoms with Crippen molar-refractivity contribution in [3.63, 3.8) is 0 Å². The van der Waals surface area contributed by atoms with Gasteiger partial charge in [0.2, 0.25) is 0 Å². The number of aliphatic hydroxyl groups excluding tert-OH is 2. The zero-order valence-corrected chi connectivity index (χ0v) is 18.4. The molecule has 29 heavy (non-hydrogen) atoms. The van der Waals surface area contributed by atoms with Crippen molar-refractivity contribution in [2.75, 3.05) is 0 Å². The molecule has 2 aliphatic rings. The van der Waals surface area contributed by atoms with E-state index in [0.29, 0.717) is 12.8 Å². The van der Waals surface area contributed by atoms with Crippen LogP contribution in [0.15, 0.2) is 12.7 Å². The van der Waals surface area contributed by atoms with E-state index < -0.39 is 46.9 Å². The summed E-state index contributed by atoms with van der Waals surface area (Å²) in [6, 6.07) is 0. The van der Waals surface area contributed by atoms with Crippen LogP contribution in [0, 0.1) is 16.7 Å². The van der Waals surface area contributed by atoms with Crippen LogP contribution in [-0.2, 0) is 19.1 Å². The van der Waals surface area contributed by atoms with E-state index in [0.717, 1.165) is 6.42 Å². The van der Waals surface area contributed by atoms with Crippen molar-refractivity contribution in [1.29, 1.82) is 0 Å². The van der Waals surface area contributed by atoms with Crippen molar-refractivity contribution in [2.45, 2.75) is 96.7 Å². The molecule has 3 N–H and O–H groups in total. The Hall–Kier alpha value is -1.44. The van der Waals surface area contributed by atoms with Crippen molar-refractivity contribution in [3.8, 4) is 0 Å². The molecule has 0 saturated heterocycles. The Balaban J connectivity index is 2.55. The normalized spacial score (nSPS) is 41.0. The SMILES string of the molecule is C=C[C@@](C)(CC(=O)O)O[C@@]1(C)C[C@@]2(C)[C@@H](O)CCC(C)(C)[C@@H]2[C@H](O)[C@@H]1OC(C)=O. The Morgan fingerprint density at radius 2 is 1.83 bits per heavy atom. The molecular formula is C22H36O7. The van der Waals surface area contributed by atoms with Gasteiger partial charge in [-0.15, -0.1) is 6.58 Å². The predicted molar refractivity (Wildman–Crippen MR) is 107 cm³/mol. The summed E-state index contributed by atoms with van der Waals surface area (Å²) in [6.07, 6.45) is -0.0304. The molecule has 0 spiro atoms. The number of carboxylic acids is 1. The standard InChI is InChI=1S/C22H36O7/c1-8-20(5,11-15(25)26)29-22(7)12-21(6)14(24)9-10-19(3,4)17(21)16(27)18(22)28-13(2)23/h8,14,16-18,24,27H,1,9-12H2,2-7H3,(H,25,26)/t14-,16-,17-,18-,20-,21-,22-/m0/s1. The number of esters is 1. The van der Waals surface area contributed by atoms with E-state index in [1.54, 1.807) is 13.8 Å². The van der Waals surface area contributed by atoms with Crippen LogP contribution in [0.2, 0.25) is 0 Å². The van der Waals surface area contributed by atoms with Gasteiger partial charge in [0.15, 0.2) is 6.10 Å². The average molecular weight is 413 g/mol. The van der Waals surface area contributed by atoms with Gasteiger partial charge in [-0.2, -0.15) is 0 Å². The number of ether oxygens (including phenoxy) is 2. The zero-order valence-electron chi connectivity index (χ0n) is 18.4. The van der Waals surface area contributed by atoms with Crippen molar-refractivity contribution in [3.05, 3.63) is 12.7 Å². The zero-order chi connectivity index (χ0) is 22.4. The molecule has 7 nitrogen and oxygen atoms in total. The molecule has 7 heteroatoms. The highest BCUT2D eigenvalue weighted by atomic mass is 16.6. The Morgan fingerprint density at radius 3 is 2.31 bits per heavy atom. The molecular weight excluding hydrogens is 376 g/mol. The van der Waals surface area contributed by atoms with Crippen LogP contribution < -0.4 is 0 Å². The second kappa shape index (κ2) is 7.67. The minimum absolute atomic E-state index is 0.282. The fourth-order valence-electron chi connectivity index (χ4n) is 6.02. The summed E-state index contributed by atoms with van der Waals surface area (Å²) < 4.78 is 11.9. The fraction of sp³-hybridized carbons (Fsp3) is 0.818. The van der Waals surface area contributed by atoms with E-state index in [1.165, 1.54) is 13.0 Å². The summed E-state index contributed by atoms with van der Waals surface area (Å²) >= 11 is 0. The molecule has 0 aromatic heterocycles. The molecule has 0 bridgehead atoms. The number of carbonyl (C=O) groups excluding carboxylic acids is 1. The largest absolute Gasteiger partial charge is 0.481 e. The molecule has 0 amide bonds. The van der Waals surface area contributed by atoms with Gasteiger partial charge in [-0.3, -0.25) is 9.59 Å². The quantitative estimate of drug-likeness (QED) is 0.454. The maximum Gasteiger partial charge on any atom is 0.306 e. The van der Waals surface area contributed by atoms with Gasteiger partial charge in [0.1, 0.15) is 5.60 Å². The fourth-order valence-corrected chi connectivity index (χ4v) is 6.02. The highest BCUT2D eigenvalue weighted by Crippen LogP contribution is 2.61. The summed E-state index contributed by atoms with van der Waals surface area (Å²) in [5.74, 6) is -1.94. The third-order valence-corrected chi connectivity index (χ3v) is 7.05. The van der Waals surface area contributed by atoms with Gasteiger partial charge in [-0.25, -0.2) is 0 Å². The Bertz CT molecular complexity index is 674. The minimum atomic E-state index is -1.24. The number of fused-ring (bicyclic) bond motifs is 1. The number of aliphatic carboxylic acids is 1. The first-order chi connectivity index (χ1) is 13.1. The van der Waals surface area contributed by atoms with Crippen molar-refractivity contribution >= 4 is 11.9 Å². The van der Waals surface area contributed by atoms with E-state index in [9.17, 15) is 24.9 Å². The summed E-state index contributed by atoms with van der Waals surface area (Å²) in [5.41, 5.74) is -3.44. The number of aliphatic hydroxyl groups is 2. The van der Waals surface area contributed by atoms with Gasteiger partial charge in [-0.05, 0) is 38.5 Å². The maximum atomic E-state index is 11.9. The molecule has 0 aromatic carbocycles. The van der Waals surface area contributed by atoms with E-state index in [-0.39, 0.29) is 17.8 Å². The third-order valence-electron chi connectivity index (χ3n) is 7.05. The van der Waals surface area contributed by atoms with Gasteiger partial charge in [-0.1, -0.05) is 26.8 Å². The molecule has 2 aliphatic carbocycles. The topological polar surface area (TPSA) is 113 Å². The molecule has 0 radical (unpaired) electrons. The lowest BCUT2D eigenvalue weighted by Gasteiger charge is -2.63. The molecule has 0 heterocycles. The van der Waals surface area contributed by atoms with Crippen LogP contribution in [-0.4, -0.2) is 56.8 Å². The minimum Gasteiger partial charge on any atom is -0.481 e. The highest BCUT2D eigenvalue weighted by molar-refractivity contribution is 5.68. The summed E-state index contributed by atoms with van der Waals surface area (Å²) in [5, 5.41) is 31.6. The van der Waals surface area contributed by atoms with E-state index in [1.807, 2.05) is 6.92 Å². The first kappa shape index (κ1) is 23.8. The van der Waals surface area contributed by atoms with Crippen molar-refractivity contribution in [2.24, 2.45) is 16.7 Å². The molecule has 2 fully saturated rings. The third kappa shape index (κ3) is 4.37. The second-order valence-electron chi connectivity index (χ2n) is 10.2. The smallest absolute Gasteiger partial charge is 0.306 e. The van der Waals surface area contributed by atoms with Crippen LogP contribution >= 0.6 is 0 Å². The summed E-state index contributed by atoms with van der Waals surface area (Å²) in [7, 11) is 0. The number of hydrogen-bond acceptors (Lipinski definition) is 6. The average Bonchev–Trinajstić information content (AvgIpc) is 2.53. The molecule has 7 atom stereocenters. The molecule has 0 aromatic rings. The number of carbonyl (C=O) groups is 2. The summed E-state index contributed by atoms with van der Waals surface area (Å²) in [4.78, 5) is 23.2. The molecule has 0 unspecified atom stereocenters. The first-order valence-electron chi connectivity index (χ1n) is 10.2. The Labute approximate surface area is 173 Å². The van der Waals surface area contributed by atoms with Gasteiger partial charge in [0.25, 0.3) is 0 Å². The highest BCUT2D eigenvalue weighted by Gasteiger charge is 2.65. The predicted octanol–water partition coefficient (Wildman–Crippen LogP) is 2.68. The number of rotatable bonds is 6. The van der Waals surface area contributed by atoms with Crippen molar-refractivity contribution < 1.29 is 34.4 Å². The lowest BCUT2D eigenvalue weighted by atomic mass is 9.47. The number of hydrogen-bond donors (Lipinski definition) is 3. The van der Waals surface area contributed by atoms with Gasteiger partial charge in [0.05, 0.1) is 24.2 Å². The molecule has 166 valence electrons. The van der Waals surface area contributed by atoms with Gasteiger partial charge in [0, 0.05) is 18.3 Å².